The first-order valence-electron chi connectivity index (χ1n) is 18.9. The van der Waals surface area contributed by atoms with Gasteiger partial charge in [-0.15, -0.1) is 0 Å². The van der Waals surface area contributed by atoms with Gasteiger partial charge in [0.25, 0.3) is 0 Å². The van der Waals surface area contributed by atoms with Crippen LogP contribution in [0.3, 0.4) is 0 Å². The molecule has 2 heterocycles. The standard InChI is InChI=1S/C48H42N4O4/c1-5-12-44-50-45-31(2)27-36(28-43(45)51(44)29-32-19-23-34(24-20-32)37-13-6-8-15-39(37)47(53)55-3)46-49-41-17-10-11-18-42(41)52(46)30-33-21-25-35(26-22-33)38-14-7-9-16-40(38)48(54)56-4/h6-11,13-28H,5,12,29-30H2,1-4H3. The number of hydrogen-bond acceptors (Lipinski definition) is 6. The number of benzene rings is 6. The highest BCUT2D eigenvalue weighted by atomic mass is 16.5. The number of fused-ring (bicyclic) bond motifs is 2. The summed E-state index contributed by atoms with van der Waals surface area (Å²) >= 11 is 0. The number of imidazole rings is 2. The fourth-order valence-corrected chi connectivity index (χ4v) is 7.61. The zero-order chi connectivity index (χ0) is 38.8. The molecule has 0 saturated carbocycles. The van der Waals surface area contributed by atoms with Crippen molar-refractivity contribution in [2.45, 2.75) is 39.8 Å². The molecule has 278 valence electrons. The van der Waals surface area contributed by atoms with Crippen LogP contribution in [-0.4, -0.2) is 45.3 Å². The second kappa shape index (κ2) is 15.5. The van der Waals surface area contributed by atoms with E-state index in [-0.39, 0.29) is 11.9 Å². The minimum absolute atomic E-state index is 0.352. The molecule has 0 radical (unpaired) electrons. The van der Waals surface area contributed by atoms with Crippen LogP contribution < -0.4 is 0 Å². The molecule has 8 rings (SSSR count). The van der Waals surface area contributed by atoms with Gasteiger partial charge < -0.3 is 18.6 Å². The van der Waals surface area contributed by atoms with E-state index in [1.165, 1.54) is 14.2 Å². The Morgan fingerprint density at radius 3 is 1.70 bits per heavy atom. The van der Waals surface area contributed by atoms with Gasteiger partial charge in [-0.2, -0.15) is 0 Å². The van der Waals surface area contributed by atoms with E-state index in [1.807, 2.05) is 42.5 Å². The largest absolute Gasteiger partial charge is 0.465 e. The normalized spacial score (nSPS) is 11.3. The number of carbonyl (C=O) groups is 2. The first-order chi connectivity index (χ1) is 27.4. The molecule has 0 amide bonds. The highest BCUT2D eigenvalue weighted by Gasteiger charge is 2.20. The van der Waals surface area contributed by atoms with Crippen LogP contribution >= 0.6 is 0 Å². The summed E-state index contributed by atoms with van der Waals surface area (Å²) in [6.45, 7) is 5.57. The summed E-state index contributed by atoms with van der Waals surface area (Å²) in [6.07, 6.45) is 1.83. The van der Waals surface area contributed by atoms with Gasteiger partial charge in [0.1, 0.15) is 11.6 Å². The van der Waals surface area contributed by atoms with Gasteiger partial charge in [0.2, 0.25) is 0 Å². The maximum Gasteiger partial charge on any atom is 0.338 e. The van der Waals surface area contributed by atoms with Crippen molar-refractivity contribution in [3.63, 3.8) is 0 Å². The molecule has 0 aliphatic rings. The molecule has 0 aliphatic heterocycles. The highest BCUT2D eigenvalue weighted by Crippen LogP contribution is 2.33. The minimum atomic E-state index is -0.355. The molecule has 8 aromatic rings. The molecule has 0 bridgehead atoms. The van der Waals surface area contributed by atoms with Crippen LogP contribution in [0.1, 0.15) is 56.6 Å². The lowest BCUT2D eigenvalue weighted by molar-refractivity contribution is 0.0592. The molecule has 2 aromatic heterocycles. The topological polar surface area (TPSA) is 88.2 Å². The van der Waals surface area contributed by atoms with E-state index < -0.39 is 0 Å². The fourth-order valence-electron chi connectivity index (χ4n) is 7.61. The quantitative estimate of drug-likeness (QED) is 0.123. The van der Waals surface area contributed by atoms with Crippen LogP contribution in [0.4, 0.5) is 0 Å². The molecule has 0 atom stereocenters. The lowest BCUT2D eigenvalue weighted by Gasteiger charge is -2.14. The summed E-state index contributed by atoms with van der Waals surface area (Å²) in [7, 11) is 2.81. The zero-order valence-corrected chi connectivity index (χ0v) is 32.0. The molecule has 0 fully saturated rings. The Bertz CT molecular complexity index is 2720. The Morgan fingerprint density at radius 1 is 0.589 bits per heavy atom. The van der Waals surface area contributed by atoms with Gasteiger partial charge in [0.05, 0.1) is 47.4 Å². The predicted molar refractivity (Wildman–Crippen MR) is 222 cm³/mol. The third kappa shape index (κ3) is 6.86. The van der Waals surface area contributed by atoms with Gasteiger partial charge >= 0.3 is 11.9 Å². The van der Waals surface area contributed by atoms with Crippen molar-refractivity contribution in [1.29, 1.82) is 0 Å². The fraction of sp³-hybridized carbons (Fsp3) is 0.167. The average molecular weight is 739 g/mol. The molecule has 6 aromatic carbocycles. The molecular weight excluding hydrogens is 697 g/mol. The molecule has 0 N–H and O–H groups in total. The van der Waals surface area contributed by atoms with Crippen LogP contribution in [0.5, 0.6) is 0 Å². The third-order valence-corrected chi connectivity index (χ3v) is 10.4. The van der Waals surface area contributed by atoms with Crippen LogP contribution in [0.2, 0.25) is 0 Å². The Labute approximate surface area is 326 Å². The van der Waals surface area contributed by atoms with Crippen molar-refractivity contribution in [2.75, 3.05) is 14.2 Å². The number of rotatable bonds is 11. The van der Waals surface area contributed by atoms with Crippen molar-refractivity contribution < 1.29 is 19.1 Å². The predicted octanol–water partition coefficient (Wildman–Crippen LogP) is 10.3. The van der Waals surface area contributed by atoms with Gasteiger partial charge in [-0.1, -0.05) is 104 Å². The van der Waals surface area contributed by atoms with Gasteiger partial charge in [-0.05, 0) is 88.7 Å². The maximum absolute atomic E-state index is 12.5. The van der Waals surface area contributed by atoms with E-state index in [0.29, 0.717) is 24.2 Å². The molecule has 0 saturated heterocycles. The van der Waals surface area contributed by atoms with E-state index in [2.05, 4.69) is 102 Å². The summed E-state index contributed by atoms with van der Waals surface area (Å²) < 4.78 is 14.7. The van der Waals surface area contributed by atoms with Crippen molar-refractivity contribution >= 4 is 34.0 Å². The molecule has 8 heteroatoms. The van der Waals surface area contributed by atoms with Crippen molar-refractivity contribution in [3.8, 4) is 33.6 Å². The number of nitrogens with zero attached hydrogens (tertiary/aromatic N) is 4. The third-order valence-electron chi connectivity index (χ3n) is 10.4. The van der Waals surface area contributed by atoms with Gasteiger partial charge in [0, 0.05) is 25.1 Å². The number of esters is 2. The summed E-state index contributed by atoms with van der Waals surface area (Å²) in [5, 5.41) is 0. The molecule has 0 spiro atoms. The maximum atomic E-state index is 12.5. The van der Waals surface area contributed by atoms with Crippen LogP contribution in [-0.2, 0) is 29.0 Å². The van der Waals surface area contributed by atoms with E-state index >= 15 is 0 Å². The van der Waals surface area contributed by atoms with E-state index in [4.69, 9.17) is 19.4 Å². The number of carbonyl (C=O) groups excluding carboxylic acids is 2. The van der Waals surface area contributed by atoms with Gasteiger partial charge in [-0.3, -0.25) is 0 Å². The van der Waals surface area contributed by atoms with Crippen molar-refractivity contribution in [2.24, 2.45) is 0 Å². The van der Waals surface area contributed by atoms with E-state index in [9.17, 15) is 9.59 Å². The minimum Gasteiger partial charge on any atom is -0.465 e. The van der Waals surface area contributed by atoms with Crippen molar-refractivity contribution in [3.05, 3.63) is 167 Å². The zero-order valence-electron chi connectivity index (χ0n) is 32.0. The summed E-state index contributed by atoms with van der Waals surface area (Å²) in [4.78, 5) is 35.3. The number of methoxy groups -OCH3 is 2. The number of para-hydroxylation sites is 2. The van der Waals surface area contributed by atoms with Gasteiger partial charge in [0.15, 0.2) is 0 Å². The number of ether oxygens (including phenoxy) is 2. The number of aryl methyl sites for hydroxylation is 2. The summed E-state index contributed by atoms with van der Waals surface area (Å²) in [6, 6.07) is 44.5. The number of hydrogen-bond donors (Lipinski definition) is 0. The monoisotopic (exact) mass is 738 g/mol. The second-order valence-electron chi connectivity index (χ2n) is 14.0. The Hall–Kier alpha value is -6.80. The lowest BCUT2D eigenvalue weighted by Crippen LogP contribution is -2.06. The lowest BCUT2D eigenvalue weighted by atomic mass is 9.98. The highest BCUT2D eigenvalue weighted by molar-refractivity contribution is 5.98. The van der Waals surface area contributed by atoms with Crippen LogP contribution in [0.15, 0.2) is 133 Å². The molecule has 0 unspecified atom stereocenters. The number of aromatic nitrogens is 4. The van der Waals surface area contributed by atoms with E-state index in [0.717, 1.165) is 91.1 Å². The molecule has 56 heavy (non-hydrogen) atoms. The Morgan fingerprint density at radius 2 is 1.12 bits per heavy atom. The van der Waals surface area contributed by atoms with Crippen LogP contribution in [0, 0.1) is 6.92 Å². The van der Waals surface area contributed by atoms with Gasteiger partial charge in [-0.25, -0.2) is 19.6 Å². The SMILES string of the molecule is CCCc1nc2c(C)cc(-c3nc4ccccc4n3Cc3ccc(-c4ccccc4C(=O)OC)cc3)cc2n1Cc1ccc(-c2ccccc2C(=O)OC)cc1. The summed E-state index contributed by atoms with van der Waals surface area (Å²) in [5.41, 5.74) is 13.1. The van der Waals surface area contributed by atoms with E-state index in [1.54, 1.807) is 12.1 Å². The first-order valence-corrected chi connectivity index (χ1v) is 18.9. The molecule has 0 aliphatic carbocycles. The van der Waals surface area contributed by atoms with Crippen LogP contribution in [0.25, 0.3) is 55.7 Å². The summed E-state index contributed by atoms with van der Waals surface area (Å²) in [5.74, 6) is 1.22. The molecule has 8 nitrogen and oxygen atoms in total. The van der Waals surface area contributed by atoms with Crippen molar-refractivity contribution in [1.82, 2.24) is 19.1 Å². The molecular formula is C48H42N4O4. The average Bonchev–Trinajstić information content (AvgIpc) is 3.78. The second-order valence-corrected chi connectivity index (χ2v) is 14.0. The first kappa shape index (κ1) is 36.2. The Balaban J connectivity index is 1.16. The Kier molecular flexibility index (Phi) is 10.0. The smallest absolute Gasteiger partial charge is 0.338 e.